The zero-order valence-electron chi connectivity index (χ0n) is 16.9. The van der Waals surface area contributed by atoms with Crippen LogP contribution in [0.4, 0.5) is 5.82 Å². The molecular weight excluding hydrogens is 350 g/mol. The van der Waals surface area contributed by atoms with Gasteiger partial charge in [-0.25, -0.2) is 9.97 Å². The van der Waals surface area contributed by atoms with Crippen LogP contribution in [0.1, 0.15) is 49.0 Å². The average molecular weight is 382 g/mol. The fraction of sp³-hybridized carbons (Fsp3) is 0.500. The van der Waals surface area contributed by atoms with Crippen molar-refractivity contribution in [3.05, 3.63) is 42.1 Å². The van der Waals surface area contributed by atoms with E-state index in [9.17, 15) is 4.79 Å². The molecule has 0 radical (unpaired) electrons. The summed E-state index contributed by atoms with van der Waals surface area (Å²) in [6.45, 7) is 1.64. The predicted octanol–water partition coefficient (Wildman–Crippen LogP) is 3.57. The van der Waals surface area contributed by atoms with E-state index in [4.69, 9.17) is 0 Å². The molecule has 0 saturated heterocycles. The Kier molecular flexibility index (Phi) is 7.37. The van der Waals surface area contributed by atoms with Crippen molar-refractivity contribution in [1.82, 2.24) is 20.2 Å². The Morgan fingerprint density at radius 2 is 1.79 bits per heavy atom. The van der Waals surface area contributed by atoms with E-state index in [2.05, 4.69) is 25.5 Å². The van der Waals surface area contributed by atoms with Crippen LogP contribution in [-0.4, -0.2) is 54.0 Å². The zero-order chi connectivity index (χ0) is 19.8. The third kappa shape index (κ3) is 6.02. The van der Waals surface area contributed by atoms with E-state index in [0.717, 1.165) is 31.5 Å². The molecule has 1 heterocycles. The van der Waals surface area contributed by atoms with Gasteiger partial charge < -0.3 is 15.5 Å². The number of hydrogen-bond donors (Lipinski definition) is 2. The average Bonchev–Trinajstić information content (AvgIpc) is 2.97. The number of benzene rings is 1. The Morgan fingerprint density at radius 3 is 2.46 bits per heavy atom. The molecule has 0 spiro atoms. The molecule has 1 fully saturated rings. The van der Waals surface area contributed by atoms with Crippen LogP contribution in [0.3, 0.4) is 0 Å². The maximum Gasteiger partial charge on any atom is 0.270 e. The van der Waals surface area contributed by atoms with E-state index in [1.54, 1.807) is 6.07 Å². The quantitative estimate of drug-likeness (QED) is 0.718. The van der Waals surface area contributed by atoms with Crippen molar-refractivity contribution in [2.75, 3.05) is 32.5 Å². The smallest absolute Gasteiger partial charge is 0.270 e. The lowest BCUT2D eigenvalue weighted by molar-refractivity contribution is 0.0928. The monoisotopic (exact) mass is 381 g/mol. The van der Waals surface area contributed by atoms with Gasteiger partial charge >= 0.3 is 0 Å². The summed E-state index contributed by atoms with van der Waals surface area (Å²) in [7, 11) is 4.06. The van der Waals surface area contributed by atoms with Gasteiger partial charge in [0.05, 0.1) is 0 Å². The van der Waals surface area contributed by atoms with Crippen LogP contribution in [0, 0.1) is 0 Å². The maximum absolute atomic E-state index is 12.9. The number of rotatable bonds is 7. The third-order valence-electron chi connectivity index (χ3n) is 5.05. The highest BCUT2D eigenvalue weighted by atomic mass is 16.1. The molecule has 1 aliphatic rings. The van der Waals surface area contributed by atoms with Gasteiger partial charge in [0.15, 0.2) is 5.82 Å². The molecule has 6 heteroatoms. The lowest BCUT2D eigenvalue weighted by atomic mass is 10.1. The van der Waals surface area contributed by atoms with Crippen molar-refractivity contribution in [2.24, 2.45) is 0 Å². The number of amides is 1. The maximum atomic E-state index is 12.9. The lowest BCUT2D eigenvalue weighted by Crippen LogP contribution is -2.35. The Labute approximate surface area is 167 Å². The van der Waals surface area contributed by atoms with Crippen molar-refractivity contribution >= 4 is 11.7 Å². The molecule has 1 aromatic heterocycles. The summed E-state index contributed by atoms with van der Waals surface area (Å²) in [5, 5.41) is 6.51. The summed E-state index contributed by atoms with van der Waals surface area (Å²) in [5.74, 6) is 1.14. The van der Waals surface area contributed by atoms with Crippen LogP contribution >= 0.6 is 0 Å². The Morgan fingerprint density at radius 1 is 1.07 bits per heavy atom. The van der Waals surface area contributed by atoms with Gasteiger partial charge in [-0.15, -0.1) is 0 Å². The first-order valence-electron chi connectivity index (χ1n) is 10.3. The first-order valence-corrected chi connectivity index (χ1v) is 10.3. The molecule has 1 aromatic carbocycles. The molecule has 150 valence electrons. The van der Waals surface area contributed by atoms with E-state index in [0.29, 0.717) is 17.3 Å². The van der Waals surface area contributed by atoms with E-state index >= 15 is 0 Å². The van der Waals surface area contributed by atoms with Gasteiger partial charge in [0.25, 0.3) is 5.91 Å². The summed E-state index contributed by atoms with van der Waals surface area (Å²) in [5.41, 5.74) is 1.33. The summed E-state index contributed by atoms with van der Waals surface area (Å²) in [6, 6.07) is 11.8. The van der Waals surface area contributed by atoms with Gasteiger partial charge in [0, 0.05) is 30.8 Å². The molecule has 0 atom stereocenters. The second-order valence-electron chi connectivity index (χ2n) is 7.72. The lowest BCUT2D eigenvalue weighted by Gasteiger charge is -2.17. The van der Waals surface area contributed by atoms with Gasteiger partial charge in [-0.05, 0) is 26.9 Å². The van der Waals surface area contributed by atoms with Crippen LogP contribution in [0.2, 0.25) is 0 Å². The molecule has 0 unspecified atom stereocenters. The van der Waals surface area contributed by atoms with Crippen LogP contribution in [0.25, 0.3) is 11.4 Å². The van der Waals surface area contributed by atoms with Gasteiger partial charge in [-0.1, -0.05) is 56.0 Å². The highest BCUT2D eigenvalue weighted by Gasteiger charge is 2.18. The summed E-state index contributed by atoms with van der Waals surface area (Å²) >= 11 is 0. The van der Waals surface area contributed by atoms with Crippen LogP contribution in [0.15, 0.2) is 36.4 Å². The standard InChI is InChI=1S/C22H31N5O/c1-27(2)15-14-23-20-16-19(22(28)24-18-12-8-3-4-9-13-18)25-21(26-20)17-10-6-5-7-11-17/h5-7,10-11,16,18H,3-4,8-9,12-15H2,1-2H3,(H,24,28)(H,23,25,26). The summed E-state index contributed by atoms with van der Waals surface area (Å²) in [4.78, 5) is 24.2. The van der Waals surface area contributed by atoms with Gasteiger partial charge in [-0.3, -0.25) is 4.79 Å². The minimum Gasteiger partial charge on any atom is -0.369 e. The molecule has 28 heavy (non-hydrogen) atoms. The molecule has 2 N–H and O–H groups in total. The van der Waals surface area contributed by atoms with E-state index in [-0.39, 0.29) is 11.9 Å². The minimum atomic E-state index is -0.109. The highest BCUT2D eigenvalue weighted by molar-refractivity contribution is 5.93. The van der Waals surface area contributed by atoms with Crippen LogP contribution in [-0.2, 0) is 0 Å². The molecule has 0 bridgehead atoms. The van der Waals surface area contributed by atoms with Crippen molar-refractivity contribution in [3.63, 3.8) is 0 Å². The van der Waals surface area contributed by atoms with Crippen molar-refractivity contribution in [3.8, 4) is 11.4 Å². The molecule has 1 aliphatic carbocycles. The van der Waals surface area contributed by atoms with E-state index in [1.165, 1.54) is 25.7 Å². The van der Waals surface area contributed by atoms with Gasteiger partial charge in [0.1, 0.15) is 11.5 Å². The first kappa shape index (κ1) is 20.3. The Bertz CT molecular complexity index is 755. The largest absolute Gasteiger partial charge is 0.369 e. The predicted molar refractivity (Wildman–Crippen MR) is 113 cm³/mol. The minimum absolute atomic E-state index is 0.109. The van der Waals surface area contributed by atoms with E-state index < -0.39 is 0 Å². The SMILES string of the molecule is CN(C)CCNc1cc(C(=O)NC2CCCCCC2)nc(-c2ccccc2)n1. The van der Waals surface area contributed by atoms with Gasteiger partial charge in [-0.2, -0.15) is 0 Å². The molecule has 0 aliphatic heterocycles. The summed E-state index contributed by atoms with van der Waals surface area (Å²) < 4.78 is 0. The van der Waals surface area contributed by atoms with Crippen molar-refractivity contribution in [1.29, 1.82) is 0 Å². The highest BCUT2D eigenvalue weighted by Crippen LogP contribution is 2.20. The van der Waals surface area contributed by atoms with Crippen molar-refractivity contribution in [2.45, 2.75) is 44.6 Å². The molecular formula is C22H31N5O. The fourth-order valence-corrected chi connectivity index (χ4v) is 3.46. The first-order chi connectivity index (χ1) is 13.6. The second kappa shape index (κ2) is 10.2. The van der Waals surface area contributed by atoms with E-state index in [1.807, 2.05) is 44.4 Å². The summed E-state index contributed by atoms with van der Waals surface area (Å²) in [6.07, 6.45) is 6.99. The van der Waals surface area contributed by atoms with Crippen LogP contribution in [0.5, 0.6) is 0 Å². The van der Waals surface area contributed by atoms with Crippen molar-refractivity contribution < 1.29 is 4.79 Å². The third-order valence-corrected chi connectivity index (χ3v) is 5.05. The molecule has 1 amide bonds. The second-order valence-corrected chi connectivity index (χ2v) is 7.72. The zero-order valence-corrected chi connectivity index (χ0v) is 16.9. The number of likely N-dealkylation sites (N-methyl/N-ethyl adjacent to an activating group) is 1. The topological polar surface area (TPSA) is 70.2 Å². The Hall–Kier alpha value is -2.47. The number of carbonyl (C=O) groups excluding carboxylic acids is 1. The number of nitrogens with zero attached hydrogens (tertiary/aromatic N) is 3. The number of carbonyl (C=O) groups is 1. The molecule has 1 saturated carbocycles. The number of hydrogen-bond acceptors (Lipinski definition) is 5. The Balaban J connectivity index is 1.80. The molecule has 3 rings (SSSR count). The van der Waals surface area contributed by atoms with Crippen LogP contribution < -0.4 is 10.6 Å². The molecule has 2 aromatic rings. The number of aromatic nitrogens is 2. The fourth-order valence-electron chi connectivity index (χ4n) is 3.46. The van der Waals surface area contributed by atoms with Gasteiger partial charge in [0.2, 0.25) is 0 Å². The molecule has 6 nitrogen and oxygen atoms in total. The normalized spacial score (nSPS) is 15.2. The number of nitrogens with one attached hydrogen (secondary N) is 2. The number of anilines is 1.